The smallest absolute Gasteiger partial charge is 0.253 e. The number of hydrogen-bond acceptors (Lipinski definition) is 4. The minimum absolute atomic E-state index is 0.0514. The molecular weight excluding hydrogens is 438 g/mol. The van der Waals surface area contributed by atoms with E-state index in [4.69, 9.17) is 0 Å². The van der Waals surface area contributed by atoms with Gasteiger partial charge in [0.25, 0.3) is 5.91 Å². The van der Waals surface area contributed by atoms with E-state index in [-0.39, 0.29) is 18.4 Å². The van der Waals surface area contributed by atoms with Crippen molar-refractivity contribution in [1.82, 2.24) is 14.7 Å². The van der Waals surface area contributed by atoms with Crippen molar-refractivity contribution in [2.45, 2.75) is 41.0 Å². The third-order valence-electron chi connectivity index (χ3n) is 6.64. The largest absolute Gasteiger partial charge is 0.376 e. The van der Waals surface area contributed by atoms with Crippen LogP contribution < -0.4 is 10.6 Å². The molecule has 1 fully saturated rings. The summed E-state index contributed by atoms with van der Waals surface area (Å²) in [7, 11) is 0. The lowest BCUT2D eigenvalue weighted by Gasteiger charge is -2.35. The zero-order valence-electron chi connectivity index (χ0n) is 21.3. The van der Waals surface area contributed by atoms with Gasteiger partial charge in [0.15, 0.2) is 0 Å². The van der Waals surface area contributed by atoms with E-state index >= 15 is 0 Å². The van der Waals surface area contributed by atoms with Crippen molar-refractivity contribution in [3.63, 3.8) is 0 Å². The second-order valence-electron chi connectivity index (χ2n) is 9.88. The Bertz CT molecular complexity index is 1210. The molecule has 0 radical (unpaired) electrons. The van der Waals surface area contributed by atoms with Crippen LogP contribution in [0.5, 0.6) is 0 Å². The first-order valence-corrected chi connectivity index (χ1v) is 12.3. The highest BCUT2D eigenvalue weighted by Crippen LogP contribution is 2.25. The molecule has 0 bridgehead atoms. The molecule has 2 aromatic carbocycles. The Kier molecular flexibility index (Phi) is 7.24. The van der Waals surface area contributed by atoms with E-state index in [1.54, 1.807) is 0 Å². The SMILES string of the molecule is Cc1ccc(C(=O)N2CC(C)CC(C)C2)cc1NCC(=O)Nc1c(C)nn(-c2ccccc2)c1C. The van der Waals surface area contributed by atoms with Crippen LogP contribution in [0.25, 0.3) is 5.69 Å². The van der Waals surface area contributed by atoms with Crippen molar-refractivity contribution in [2.24, 2.45) is 11.8 Å². The summed E-state index contributed by atoms with van der Waals surface area (Å²) in [6.45, 7) is 11.9. The van der Waals surface area contributed by atoms with Crippen molar-refractivity contribution in [3.8, 4) is 5.69 Å². The van der Waals surface area contributed by atoms with Gasteiger partial charge in [-0.3, -0.25) is 9.59 Å². The van der Waals surface area contributed by atoms with E-state index in [0.717, 1.165) is 53.5 Å². The van der Waals surface area contributed by atoms with Crippen molar-refractivity contribution >= 4 is 23.2 Å². The second kappa shape index (κ2) is 10.3. The van der Waals surface area contributed by atoms with Crippen molar-refractivity contribution in [1.29, 1.82) is 0 Å². The number of piperidine rings is 1. The Morgan fingerprint density at radius 2 is 1.69 bits per heavy atom. The predicted molar refractivity (Wildman–Crippen MR) is 140 cm³/mol. The molecule has 7 heteroatoms. The van der Waals surface area contributed by atoms with Crippen molar-refractivity contribution in [3.05, 3.63) is 71.0 Å². The fraction of sp³-hybridized carbons (Fsp3) is 0.393. The standard InChI is InChI=1S/C28H35N5O2/c1-18-13-19(2)17-32(16-18)28(35)23-12-11-20(3)25(14-23)29-15-26(34)30-27-21(4)31-33(22(27)5)24-9-7-6-8-10-24/h6-12,14,18-19,29H,13,15-17H2,1-5H3,(H,30,34). The van der Waals surface area contributed by atoms with Gasteiger partial charge in [0.2, 0.25) is 5.91 Å². The Labute approximate surface area is 207 Å². The Hall–Kier alpha value is -3.61. The number of aryl methyl sites for hydroxylation is 2. The number of rotatable bonds is 6. The number of aromatic nitrogens is 2. The highest BCUT2D eigenvalue weighted by molar-refractivity contribution is 5.97. The summed E-state index contributed by atoms with van der Waals surface area (Å²) in [6, 6.07) is 15.5. The number of para-hydroxylation sites is 1. The number of likely N-dealkylation sites (tertiary alicyclic amines) is 1. The average Bonchev–Trinajstić information content (AvgIpc) is 3.11. The number of carbonyl (C=O) groups excluding carboxylic acids is 2. The molecule has 1 saturated heterocycles. The lowest BCUT2D eigenvalue weighted by molar-refractivity contribution is -0.114. The molecule has 0 spiro atoms. The van der Waals surface area contributed by atoms with Gasteiger partial charge >= 0.3 is 0 Å². The van der Waals surface area contributed by atoms with Gasteiger partial charge in [-0.15, -0.1) is 0 Å². The maximum atomic E-state index is 13.1. The molecule has 2 amide bonds. The molecule has 0 saturated carbocycles. The molecule has 0 aliphatic carbocycles. The van der Waals surface area contributed by atoms with Gasteiger partial charge in [0, 0.05) is 24.3 Å². The molecule has 2 N–H and O–H groups in total. The quantitative estimate of drug-likeness (QED) is 0.530. The fourth-order valence-electron chi connectivity index (χ4n) is 4.96. The van der Waals surface area contributed by atoms with E-state index in [9.17, 15) is 9.59 Å². The van der Waals surface area contributed by atoms with Gasteiger partial charge in [-0.05, 0) is 68.9 Å². The number of hydrogen-bond donors (Lipinski definition) is 2. The molecule has 35 heavy (non-hydrogen) atoms. The number of carbonyl (C=O) groups is 2. The summed E-state index contributed by atoms with van der Waals surface area (Å²) in [5, 5.41) is 10.8. The summed E-state index contributed by atoms with van der Waals surface area (Å²) in [6.07, 6.45) is 1.16. The van der Waals surface area contributed by atoms with Crippen LogP contribution >= 0.6 is 0 Å². The lowest BCUT2D eigenvalue weighted by atomic mass is 9.91. The van der Waals surface area contributed by atoms with Crippen LogP contribution in [0.3, 0.4) is 0 Å². The van der Waals surface area contributed by atoms with Crippen LogP contribution in [-0.4, -0.2) is 46.1 Å². The number of nitrogens with one attached hydrogen (secondary N) is 2. The molecular formula is C28H35N5O2. The maximum absolute atomic E-state index is 13.1. The highest BCUT2D eigenvalue weighted by atomic mass is 16.2. The van der Waals surface area contributed by atoms with Gasteiger partial charge in [-0.2, -0.15) is 5.10 Å². The summed E-state index contributed by atoms with van der Waals surface area (Å²) in [4.78, 5) is 27.9. The predicted octanol–water partition coefficient (Wildman–Crippen LogP) is 4.97. The monoisotopic (exact) mass is 473 g/mol. The summed E-state index contributed by atoms with van der Waals surface area (Å²) >= 11 is 0. The second-order valence-corrected chi connectivity index (χ2v) is 9.88. The van der Waals surface area contributed by atoms with Crippen molar-refractivity contribution in [2.75, 3.05) is 30.3 Å². The molecule has 2 unspecified atom stereocenters. The molecule has 7 nitrogen and oxygen atoms in total. The topological polar surface area (TPSA) is 79.3 Å². The third kappa shape index (κ3) is 5.56. The minimum Gasteiger partial charge on any atom is -0.376 e. The van der Waals surface area contributed by atoms with Crippen molar-refractivity contribution < 1.29 is 9.59 Å². The molecule has 3 aromatic rings. The molecule has 2 heterocycles. The molecule has 1 aliphatic heterocycles. The maximum Gasteiger partial charge on any atom is 0.253 e. The number of amides is 2. The van der Waals surface area contributed by atoms with Gasteiger partial charge in [0.1, 0.15) is 0 Å². The van der Waals surface area contributed by atoms with Gasteiger partial charge in [0.05, 0.1) is 29.3 Å². The lowest BCUT2D eigenvalue weighted by Crippen LogP contribution is -2.42. The summed E-state index contributed by atoms with van der Waals surface area (Å²) in [5.41, 5.74) is 5.72. The van der Waals surface area contributed by atoms with Gasteiger partial charge < -0.3 is 15.5 Å². The van der Waals surface area contributed by atoms with Crippen LogP contribution in [0, 0.1) is 32.6 Å². The molecule has 184 valence electrons. The fourth-order valence-corrected chi connectivity index (χ4v) is 4.96. The molecule has 2 atom stereocenters. The van der Waals surface area contributed by atoms with Gasteiger partial charge in [-0.1, -0.05) is 38.1 Å². The van der Waals surface area contributed by atoms with Crippen LogP contribution in [-0.2, 0) is 4.79 Å². The minimum atomic E-state index is -0.168. The molecule has 4 rings (SSSR count). The van der Waals surface area contributed by atoms with Crippen LogP contribution in [0.2, 0.25) is 0 Å². The highest BCUT2D eigenvalue weighted by Gasteiger charge is 2.26. The number of nitrogens with zero attached hydrogens (tertiary/aromatic N) is 3. The number of benzene rings is 2. The first-order valence-electron chi connectivity index (χ1n) is 12.3. The zero-order chi connectivity index (χ0) is 25.1. The first kappa shape index (κ1) is 24.5. The van der Waals surface area contributed by atoms with E-state index in [2.05, 4.69) is 29.6 Å². The van der Waals surface area contributed by atoms with E-state index < -0.39 is 0 Å². The number of anilines is 2. The first-order chi connectivity index (χ1) is 16.7. The zero-order valence-corrected chi connectivity index (χ0v) is 21.3. The van der Waals surface area contributed by atoms with E-state index in [0.29, 0.717) is 17.4 Å². The summed E-state index contributed by atoms with van der Waals surface area (Å²) in [5.74, 6) is 0.897. The van der Waals surface area contributed by atoms with Crippen LogP contribution in [0.4, 0.5) is 11.4 Å². The van der Waals surface area contributed by atoms with Crippen LogP contribution in [0.15, 0.2) is 48.5 Å². The average molecular weight is 474 g/mol. The van der Waals surface area contributed by atoms with Gasteiger partial charge in [-0.25, -0.2) is 4.68 Å². The molecule has 1 aromatic heterocycles. The normalized spacial score (nSPS) is 17.8. The Morgan fingerprint density at radius 3 is 2.37 bits per heavy atom. The molecule has 1 aliphatic rings. The van der Waals surface area contributed by atoms with E-state index in [1.165, 1.54) is 0 Å². The van der Waals surface area contributed by atoms with Crippen LogP contribution in [0.1, 0.15) is 47.6 Å². The Balaban J connectivity index is 1.42. The van der Waals surface area contributed by atoms with E-state index in [1.807, 2.05) is 78.9 Å². The third-order valence-corrected chi connectivity index (χ3v) is 6.64. The Morgan fingerprint density at radius 1 is 1.00 bits per heavy atom. The summed E-state index contributed by atoms with van der Waals surface area (Å²) < 4.78 is 1.83.